The van der Waals surface area contributed by atoms with Gasteiger partial charge >= 0.3 is 5.97 Å². The first-order valence-electron chi connectivity index (χ1n) is 7.80. The zero-order chi connectivity index (χ0) is 15.1. The molecule has 1 aromatic carbocycles. The average molecular weight is 291 g/mol. The van der Waals surface area contributed by atoms with Crippen molar-refractivity contribution in [2.45, 2.75) is 51.0 Å². The predicted octanol–water partition coefficient (Wildman–Crippen LogP) is 3.76. The van der Waals surface area contributed by atoms with E-state index in [-0.39, 0.29) is 5.97 Å². The van der Waals surface area contributed by atoms with Gasteiger partial charge in [-0.2, -0.15) is 0 Å². The third kappa shape index (κ3) is 3.69. The summed E-state index contributed by atoms with van der Waals surface area (Å²) in [6.07, 6.45) is 6.05. The van der Waals surface area contributed by atoms with E-state index in [1.54, 1.807) is 7.11 Å². The van der Waals surface area contributed by atoms with Crippen LogP contribution >= 0.6 is 0 Å². The van der Waals surface area contributed by atoms with Crippen LogP contribution in [-0.2, 0) is 9.53 Å². The van der Waals surface area contributed by atoms with E-state index in [0.717, 1.165) is 37.1 Å². The van der Waals surface area contributed by atoms with E-state index < -0.39 is 5.54 Å². The Morgan fingerprint density at radius 3 is 2.48 bits per heavy atom. The predicted molar refractivity (Wildman–Crippen MR) is 83.7 cm³/mol. The molecule has 116 valence electrons. The molecular formula is C17H25NO3. The first-order chi connectivity index (χ1) is 10.2. The molecule has 0 spiro atoms. The highest BCUT2D eigenvalue weighted by Crippen LogP contribution is 2.35. The van der Waals surface area contributed by atoms with E-state index in [0.29, 0.717) is 6.61 Å². The van der Waals surface area contributed by atoms with E-state index in [2.05, 4.69) is 5.32 Å². The molecular weight excluding hydrogens is 266 g/mol. The number of para-hydroxylation sites is 2. The smallest absolute Gasteiger partial charge is 0.331 e. The molecule has 0 amide bonds. The Hall–Kier alpha value is -1.71. The van der Waals surface area contributed by atoms with Gasteiger partial charge in [0.15, 0.2) is 0 Å². The molecule has 0 atom stereocenters. The zero-order valence-electron chi connectivity index (χ0n) is 13.0. The minimum atomic E-state index is -0.624. The van der Waals surface area contributed by atoms with E-state index in [4.69, 9.17) is 9.47 Å². The molecule has 0 heterocycles. The summed E-state index contributed by atoms with van der Waals surface area (Å²) in [5, 5.41) is 3.44. The van der Waals surface area contributed by atoms with Gasteiger partial charge in [0.05, 0.1) is 19.4 Å². The molecule has 1 aromatic rings. The second kappa shape index (κ2) is 7.34. The van der Waals surface area contributed by atoms with Crippen molar-refractivity contribution in [3.8, 4) is 5.75 Å². The monoisotopic (exact) mass is 291 g/mol. The fraction of sp³-hybridized carbons (Fsp3) is 0.588. The van der Waals surface area contributed by atoms with Crippen LogP contribution in [0.3, 0.4) is 0 Å². The summed E-state index contributed by atoms with van der Waals surface area (Å²) in [7, 11) is 1.64. The van der Waals surface area contributed by atoms with Crippen molar-refractivity contribution in [2.75, 3.05) is 19.0 Å². The second-order valence-electron chi connectivity index (χ2n) is 5.54. The standard InChI is InChI=1S/C17H25NO3/c1-3-21-16(19)17(12-8-4-5-9-13-17)18-14-10-6-7-11-15(14)20-2/h6-7,10-11,18H,3-5,8-9,12-13H2,1-2H3. The molecule has 2 rings (SSSR count). The summed E-state index contributed by atoms with van der Waals surface area (Å²) in [6, 6.07) is 7.72. The molecule has 1 fully saturated rings. The molecule has 0 aliphatic heterocycles. The van der Waals surface area contributed by atoms with Gasteiger partial charge in [0.1, 0.15) is 11.3 Å². The molecule has 1 saturated carbocycles. The maximum Gasteiger partial charge on any atom is 0.331 e. The highest BCUT2D eigenvalue weighted by Gasteiger charge is 2.40. The van der Waals surface area contributed by atoms with Crippen LogP contribution in [0, 0.1) is 0 Å². The van der Waals surface area contributed by atoms with Crippen molar-refractivity contribution in [1.82, 2.24) is 0 Å². The quantitative estimate of drug-likeness (QED) is 0.663. The molecule has 4 nitrogen and oxygen atoms in total. The normalized spacial score (nSPS) is 17.6. The number of rotatable bonds is 5. The van der Waals surface area contributed by atoms with Crippen molar-refractivity contribution in [3.05, 3.63) is 24.3 Å². The molecule has 0 bridgehead atoms. The van der Waals surface area contributed by atoms with Gasteiger partial charge < -0.3 is 14.8 Å². The topological polar surface area (TPSA) is 47.6 Å². The molecule has 0 unspecified atom stereocenters. The van der Waals surface area contributed by atoms with Crippen molar-refractivity contribution in [3.63, 3.8) is 0 Å². The van der Waals surface area contributed by atoms with Gasteiger partial charge in [0.2, 0.25) is 0 Å². The van der Waals surface area contributed by atoms with Gasteiger partial charge in [0.25, 0.3) is 0 Å². The third-order valence-electron chi connectivity index (χ3n) is 4.10. The van der Waals surface area contributed by atoms with Gasteiger partial charge in [-0.3, -0.25) is 0 Å². The summed E-state index contributed by atoms with van der Waals surface area (Å²) in [5.74, 6) is 0.614. The lowest BCUT2D eigenvalue weighted by Gasteiger charge is -2.33. The lowest BCUT2D eigenvalue weighted by Crippen LogP contribution is -2.47. The van der Waals surface area contributed by atoms with Gasteiger partial charge in [-0.25, -0.2) is 4.79 Å². The number of hydrogen-bond acceptors (Lipinski definition) is 4. The molecule has 4 heteroatoms. The summed E-state index contributed by atoms with van der Waals surface area (Å²) < 4.78 is 10.7. The number of ether oxygens (including phenoxy) is 2. The highest BCUT2D eigenvalue weighted by molar-refractivity contribution is 5.85. The molecule has 1 aliphatic rings. The lowest BCUT2D eigenvalue weighted by atomic mass is 9.89. The third-order valence-corrected chi connectivity index (χ3v) is 4.10. The molecule has 1 aliphatic carbocycles. The van der Waals surface area contributed by atoms with Crippen LogP contribution in [0.25, 0.3) is 0 Å². The molecule has 21 heavy (non-hydrogen) atoms. The summed E-state index contributed by atoms with van der Waals surface area (Å²) in [4.78, 5) is 12.6. The Kier molecular flexibility index (Phi) is 5.48. The first kappa shape index (κ1) is 15.7. The van der Waals surface area contributed by atoms with Crippen LogP contribution in [0.5, 0.6) is 5.75 Å². The minimum absolute atomic E-state index is 0.141. The molecule has 1 N–H and O–H groups in total. The number of methoxy groups -OCH3 is 1. The molecule has 0 radical (unpaired) electrons. The van der Waals surface area contributed by atoms with Crippen LogP contribution in [0.2, 0.25) is 0 Å². The van der Waals surface area contributed by atoms with Crippen molar-refractivity contribution >= 4 is 11.7 Å². The number of hydrogen-bond donors (Lipinski definition) is 1. The first-order valence-corrected chi connectivity index (χ1v) is 7.80. The fourth-order valence-corrected chi connectivity index (χ4v) is 2.99. The van der Waals surface area contributed by atoms with E-state index in [1.807, 2.05) is 31.2 Å². The second-order valence-corrected chi connectivity index (χ2v) is 5.54. The van der Waals surface area contributed by atoms with Crippen molar-refractivity contribution in [1.29, 1.82) is 0 Å². The van der Waals surface area contributed by atoms with Gasteiger partial charge in [-0.1, -0.05) is 37.8 Å². The molecule has 0 aromatic heterocycles. The van der Waals surface area contributed by atoms with Crippen LogP contribution < -0.4 is 10.1 Å². The Morgan fingerprint density at radius 1 is 1.19 bits per heavy atom. The van der Waals surface area contributed by atoms with E-state index in [1.165, 1.54) is 12.8 Å². The summed E-state index contributed by atoms with van der Waals surface area (Å²) in [6.45, 7) is 2.26. The van der Waals surface area contributed by atoms with Crippen molar-refractivity contribution in [2.24, 2.45) is 0 Å². The number of anilines is 1. The van der Waals surface area contributed by atoms with E-state index >= 15 is 0 Å². The Labute approximate surface area is 126 Å². The largest absolute Gasteiger partial charge is 0.495 e. The van der Waals surface area contributed by atoms with Gasteiger partial charge in [-0.15, -0.1) is 0 Å². The van der Waals surface area contributed by atoms with Crippen LogP contribution in [0.1, 0.15) is 45.4 Å². The highest BCUT2D eigenvalue weighted by atomic mass is 16.5. The number of nitrogens with one attached hydrogen (secondary N) is 1. The maximum atomic E-state index is 12.6. The SMILES string of the molecule is CCOC(=O)C1(Nc2ccccc2OC)CCCCCC1. The Balaban J connectivity index is 2.28. The van der Waals surface area contributed by atoms with Gasteiger partial charge in [0, 0.05) is 0 Å². The van der Waals surface area contributed by atoms with Crippen LogP contribution in [0.4, 0.5) is 5.69 Å². The average Bonchev–Trinajstić information content (AvgIpc) is 2.75. The van der Waals surface area contributed by atoms with Gasteiger partial charge in [-0.05, 0) is 31.9 Å². The number of carbonyl (C=O) groups excluding carboxylic acids is 1. The number of carbonyl (C=O) groups is 1. The van der Waals surface area contributed by atoms with Crippen molar-refractivity contribution < 1.29 is 14.3 Å². The Morgan fingerprint density at radius 2 is 1.86 bits per heavy atom. The maximum absolute atomic E-state index is 12.6. The van der Waals surface area contributed by atoms with Crippen LogP contribution in [0.15, 0.2) is 24.3 Å². The number of benzene rings is 1. The minimum Gasteiger partial charge on any atom is -0.495 e. The summed E-state index contributed by atoms with van der Waals surface area (Å²) in [5.41, 5.74) is 0.233. The fourth-order valence-electron chi connectivity index (χ4n) is 2.99. The summed E-state index contributed by atoms with van der Waals surface area (Å²) >= 11 is 0. The van der Waals surface area contributed by atoms with Crippen LogP contribution in [-0.4, -0.2) is 25.2 Å². The number of esters is 1. The Bertz CT molecular complexity index is 465. The lowest BCUT2D eigenvalue weighted by molar-refractivity contribution is -0.149. The zero-order valence-corrected chi connectivity index (χ0v) is 13.0. The molecule has 0 saturated heterocycles. The van der Waals surface area contributed by atoms with E-state index in [9.17, 15) is 4.79 Å².